The van der Waals surface area contributed by atoms with Crippen LogP contribution in [-0.2, 0) is 0 Å². The first-order chi connectivity index (χ1) is 11.1. The van der Waals surface area contributed by atoms with Gasteiger partial charge in [0.1, 0.15) is 11.6 Å². The number of amides is 1. The van der Waals surface area contributed by atoms with Crippen molar-refractivity contribution in [1.82, 2.24) is 10.6 Å². The van der Waals surface area contributed by atoms with E-state index in [9.17, 15) is 13.6 Å². The molecule has 2 aromatic carbocycles. The molecule has 24 heavy (non-hydrogen) atoms. The molecule has 6 heteroatoms. The summed E-state index contributed by atoms with van der Waals surface area (Å²) in [6.07, 6.45) is 1.89. The molecule has 1 saturated heterocycles. The Kier molecular flexibility index (Phi) is 6.29. The van der Waals surface area contributed by atoms with E-state index in [1.54, 1.807) is 18.2 Å². The molecule has 3 nitrogen and oxygen atoms in total. The number of halogens is 3. The Bertz CT molecular complexity index is 701. The summed E-state index contributed by atoms with van der Waals surface area (Å²) < 4.78 is 27.2. The van der Waals surface area contributed by atoms with Crippen LogP contribution in [0.15, 0.2) is 42.5 Å². The van der Waals surface area contributed by atoms with Gasteiger partial charge in [-0.2, -0.15) is 0 Å². The average Bonchev–Trinajstić information content (AvgIpc) is 2.56. The molecule has 0 spiro atoms. The van der Waals surface area contributed by atoms with E-state index in [0.29, 0.717) is 17.7 Å². The highest BCUT2D eigenvalue weighted by Crippen LogP contribution is 2.22. The molecule has 1 atom stereocenters. The fourth-order valence-electron chi connectivity index (χ4n) is 2.76. The van der Waals surface area contributed by atoms with Crippen LogP contribution in [0.2, 0.25) is 0 Å². The maximum Gasteiger partial charge on any atom is 0.254 e. The number of hydrogen-bond donors (Lipinski definition) is 2. The quantitative estimate of drug-likeness (QED) is 0.887. The lowest BCUT2D eigenvalue weighted by atomic mass is 10.0. The molecule has 0 saturated carbocycles. The maximum atomic E-state index is 14.3. The summed E-state index contributed by atoms with van der Waals surface area (Å²) in [5.41, 5.74) is 1.34. The molecule has 1 aliphatic rings. The molecule has 0 aliphatic carbocycles. The number of hydrogen-bond acceptors (Lipinski definition) is 2. The van der Waals surface area contributed by atoms with Crippen molar-refractivity contribution in [2.24, 2.45) is 0 Å². The van der Waals surface area contributed by atoms with Gasteiger partial charge in [0.25, 0.3) is 5.91 Å². The lowest BCUT2D eigenvalue weighted by molar-refractivity contribution is 0.0926. The van der Waals surface area contributed by atoms with Gasteiger partial charge in [0.2, 0.25) is 0 Å². The largest absolute Gasteiger partial charge is 0.348 e. The number of carbonyl (C=O) groups excluding carboxylic acids is 1. The van der Waals surface area contributed by atoms with E-state index in [0.717, 1.165) is 19.4 Å². The summed E-state index contributed by atoms with van der Waals surface area (Å²) >= 11 is 0. The average molecular weight is 353 g/mol. The Morgan fingerprint density at radius 3 is 2.42 bits per heavy atom. The molecule has 1 aliphatic heterocycles. The van der Waals surface area contributed by atoms with Crippen LogP contribution in [0.5, 0.6) is 0 Å². The summed E-state index contributed by atoms with van der Waals surface area (Å²) in [4.78, 5) is 12.2. The smallest absolute Gasteiger partial charge is 0.254 e. The minimum Gasteiger partial charge on any atom is -0.348 e. The first kappa shape index (κ1) is 18.4. The van der Waals surface area contributed by atoms with Crippen LogP contribution in [0, 0.1) is 11.6 Å². The van der Waals surface area contributed by atoms with Crippen molar-refractivity contribution in [3.8, 4) is 11.1 Å². The van der Waals surface area contributed by atoms with Gasteiger partial charge in [0, 0.05) is 12.6 Å². The maximum absolute atomic E-state index is 14.3. The van der Waals surface area contributed by atoms with Crippen molar-refractivity contribution in [3.63, 3.8) is 0 Å². The van der Waals surface area contributed by atoms with Gasteiger partial charge in [-0.25, -0.2) is 8.78 Å². The SMILES string of the molecule is Cl.O=C(N[C@H]1CCCNC1)c1ccc(-c2ccc(F)cc2)cc1F. The summed E-state index contributed by atoms with van der Waals surface area (Å²) in [5.74, 6) is -1.32. The summed E-state index contributed by atoms with van der Waals surface area (Å²) in [6.45, 7) is 1.66. The second-order valence-electron chi connectivity index (χ2n) is 5.72. The Labute approximate surface area is 145 Å². The van der Waals surface area contributed by atoms with Gasteiger partial charge in [-0.1, -0.05) is 18.2 Å². The molecule has 0 radical (unpaired) electrons. The van der Waals surface area contributed by atoms with Crippen molar-refractivity contribution < 1.29 is 13.6 Å². The number of carbonyl (C=O) groups is 1. The van der Waals surface area contributed by atoms with Crippen molar-refractivity contribution in [1.29, 1.82) is 0 Å². The van der Waals surface area contributed by atoms with Crippen molar-refractivity contribution in [2.45, 2.75) is 18.9 Å². The van der Waals surface area contributed by atoms with Gasteiger partial charge in [-0.3, -0.25) is 4.79 Å². The highest BCUT2D eigenvalue weighted by Gasteiger charge is 2.18. The normalized spacial score (nSPS) is 17.0. The Morgan fingerprint density at radius 2 is 1.79 bits per heavy atom. The van der Waals surface area contributed by atoms with E-state index in [-0.39, 0.29) is 29.8 Å². The van der Waals surface area contributed by atoms with Crippen LogP contribution in [0.25, 0.3) is 11.1 Å². The minimum absolute atomic E-state index is 0. The van der Waals surface area contributed by atoms with Crippen LogP contribution in [0.4, 0.5) is 8.78 Å². The van der Waals surface area contributed by atoms with Gasteiger partial charge >= 0.3 is 0 Å². The zero-order valence-corrected chi connectivity index (χ0v) is 13.8. The van der Waals surface area contributed by atoms with Crippen LogP contribution in [0.3, 0.4) is 0 Å². The first-order valence-corrected chi connectivity index (χ1v) is 7.70. The van der Waals surface area contributed by atoms with Gasteiger partial charge in [-0.05, 0) is 54.8 Å². The van der Waals surface area contributed by atoms with Gasteiger partial charge in [-0.15, -0.1) is 12.4 Å². The van der Waals surface area contributed by atoms with E-state index in [1.165, 1.54) is 24.3 Å². The Hall–Kier alpha value is -1.98. The molecule has 0 aromatic heterocycles. The van der Waals surface area contributed by atoms with Crippen molar-refractivity contribution in [2.75, 3.05) is 13.1 Å². The van der Waals surface area contributed by atoms with Crippen LogP contribution < -0.4 is 10.6 Å². The summed E-state index contributed by atoms with van der Waals surface area (Å²) in [6, 6.07) is 10.3. The number of benzene rings is 2. The molecule has 0 bridgehead atoms. The highest BCUT2D eigenvalue weighted by atomic mass is 35.5. The Morgan fingerprint density at radius 1 is 1.08 bits per heavy atom. The summed E-state index contributed by atoms with van der Waals surface area (Å²) in [7, 11) is 0. The number of rotatable bonds is 3. The molecular formula is C18H19ClF2N2O. The molecule has 0 unspecified atom stereocenters. The molecule has 1 fully saturated rings. The van der Waals surface area contributed by atoms with Crippen LogP contribution in [0.1, 0.15) is 23.2 Å². The number of nitrogens with one attached hydrogen (secondary N) is 2. The molecule has 1 amide bonds. The zero-order valence-electron chi connectivity index (χ0n) is 13.0. The fourth-order valence-corrected chi connectivity index (χ4v) is 2.76. The molecular weight excluding hydrogens is 334 g/mol. The van der Waals surface area contributed by atoms with Crippen LogP contribution in [-0.4, -0.2) is 25.0 Å². The third-order valence-corrected chi connectivity index (χ3v) is 4.02. The van der Waals surface area contributed by atoms with E-state index in [1.807, 2.05) is 0 Å². The minimum atomic E-state index is -0.576. The van der Waals surface area contributed by atoms with E-state index >= 15 is 0 Å². The highest BCUT2D eigenvalue weighted by molar-refractivity contribution is 5.95. The molecule has 2 N–H and O–H groups in total. The third kappa shape index (κ3) is 4.30. The van der Waals surface area contributed by atoms with E-state index < -0.39 is 11.7 Å². The summed E-state index contributed by atoms with van der Waals surface area (Å²) in [5, 5.41) is 6.05. The van der Waals surface area contributed by atoms with Gasteiger partial charge in [0.05, 0.1) is 5.56 Å². The van der Waals surface area contributed by atoms with Crippen LogP contribution >= 0.6 is 12.4 Å². The molecule has 2 aromatic rings. The topological polar surface area (TPSA) is 41.1 Å². The van der Waals surface area contributed by atoms with Crippen molar-refractivity contribution >= 4 is 18.3 Å². The van der Waals surface area contributed by atoms with Gasteiger partial charge < -0.3 is 10.6 Å². The molecule has 1 heterocycles. The monoisotopic (exact) mass is 352 g/mol. The second kappa shape index (κ2) is 8.22. The predicted molar refractivity (Wildman–Crippen MR) is 92.4 cm³/mol. The Balaban J connectivity index is 0.00000208. The lowest BCUT2D eigenvalue weighted by Gasteiger charge is -2.23. The van der Waals surface area contributed by atoms with Gasteiger partial charge in [0.15, 0.2) is 0 Å². The third-order valence-electron chi connectivity index (χ3n) is 4.02. The fraction of sp³-hybridized carbons (Fsp3) is 0.278. The molecule has 128 valence electrons. The predicted octanol–water partition coefficient (Wildman–Crippen LogP) is 3.54. The molecule has 3 rings (SSSR count). The lowest BCUT2D eigenvalue weighted by Crippen LogP contribution is -2.45. The van der Waals surface area contributed by atoms with E-state index in [2.05, 4.69) is 10.6 Å². The first-order valence-electron chi connectivity index (χ1n) is 7.70. The second-order valence-corrected chi connectivity index (χ2v) is 5.72. The number of piperidine rings is 1. The zero-order chi connectivity index (χ0) is 16.2. The standard InChI is InChI=1S/C18H18F2N2O.ClH/c19-14-6-3-12(4-7-14)13-5-8-16(17(20)10-13)18(23)22-15-2-1-9-21-11-15;/h3-8,10,15,21H,1-2,9,11H2,(H,22,23);1H/t15-;/m0./s1. The van der Waals surface area contributed by atoms with E-state index in [4.69, 9.17) is 0 Å². The van der Waals surface area contributed by atoms with Crippen molar-refractivity contribution in [3.05, 3.63) is 59.7 Å².